The summed E-state index contributed by atoms with van der Waals surface area (Å²) in [5, 5.41) is 6.65. The molecular weight excluding hydrogens is 386 g/mol. The Bertz CT molecular complexity index is 896. The number of rotatable bonds is 10. The predicted octanol–water partition coefficient (Wildman–Crippen LogP) is 3.36. The van der Waals surface area contributed by atoms with E-state index in [1.807, 2.05) is 13.8 Å². The lowest BCUT2D eigenvalue weighted by Crippen LogP contribution is -2.20. The van der Waals surface area contributed by atoms with Gasteiger partial charge in [0.15, 0.2) is 11.5 Å². The lowest BCUT2D eigenvalue weighted by molar-refractivity contribution is -0.124. The molecule has 0 radical (unpaired) electrons. The summed E-state index contributed by atoms with van der Waals surface area (Å²) in [4.78, 5) is 24.0. The minimum absolute atomic E-state index is 0.00279. The minimum atomic E-state index is -0.367. The van der Waals surface area contributed by atoms with Crippen molar-refractivity contribution in [2.75, 3.05) is 19.5 Å². The molecule has 2 aromatic rings. The molecule has 8 heteroatoms. The highest BCUT2D eigenvalue weighted by atomic mass is 16.5. The maximum Gasteiger partial charge on any atom is 0.240 e. The zero-order chi connectivity index (χ0) is 21.9. The Morgan fingerprint density at radius 2 is 1.67 bits per heavy atom. The van der Waals surface area contributed by atoms with E-state index >= 15 is 0 Å². The van der Waals surface area contributed by atoms with Crippen LogP contribution in [0.1, 0.15) is 32.3 Å². The third kappa shape index (κ3) is 7.12. The molecule has 0 aromatic heterocycles. The van der Waals surface area contributed by atoms with Gasteiger partial charge >= 0.3 is 0 Å². The minimum Gasteiger partial charge on any atom is -0.495 e. The third-order valence-electron chi connectivity index (χ3n) is 3.91. The Morgan fingerprint density at radius 1 is 0.967 bits per heavy atom. The van der Waals surface area contributed by atoms with E-state index in [1.165, 1.54) is 13.3 Å². The van der Waals surface area contributed by atoms with Crippen molar-refractivity contribution < 1.29 is 23.8 Å². The molecule has 0 atom stereocenters. The van der Waals surface area contributed by atoms with Crippen LogP contribution in [0.25, 0.3) is 0 Å². The fraction of sp³-hybridized carbons (Fsp3) is 0.318. The van der Waals surface area contributed by atoms with Gasteiger partial charge in [-0.3, -0.25) is 9.59 Å². The van der Waals surface area contributed by atoms with Crippen LogP contribution in [0.15, 0.2) is 47.6 Å². The summed E-state index contributed by atoms with van der Waals surface area (Å²) in [6.45, 7) is 3.86. The molecule has 160 valence electrons. The summed E-state index contributed by atoms with van der Waals surface area (Å²) >= 11 is 0. The van der Waals surface area contributed by atoms with Crippen molar-refractivity contribution in [3.05, 3.63) is 48.0 Å². The number of methoxy groups -OCH3 is 2. The highest BCUT2D eigenvalue weighted by Crippen LogP contribution is 2.28. The van der Waals surface area contributed by atoms with E-state index in [9.17, 15) is 9.59 Å². The summed E-state index contributed by atoms with van der Waals surface area (Å²) in [5.74, 6) is 1.11. The second kappa shape index (κ2) is 11.5. The Kier molecular flexibility index (Phi) is 8.68. The molecule has 0 aliphatic rings. The van der Waals surface area contributed by atoms with E-state index in [4.69, 9.17) is 14.2 Å². The van der Waals surface area contributed by atoms with Gasteiger partial charge in [-0.2, -0.15) is 5.10 Å². The van der Waals surface area contributed by atoms with Crippen molar-refractivity contribution in [2.24, 2.45) is 5.10 Å². The molecule has 0 heterocycles. The van der Waals surface area contributed by atoms with Crippen molar-refractivity contribution in [1.29, 1.82) is 0 Å². The van der Waals surface area contributed by atoms with Crippen LogP contribution in [0.3, 0.4) is 0 Å². The average Bonchev–Trinajstić information content (AvgIpc) is 2.73. The molecule has 0 aliphatic carbocycles. The van der Waals surface area contributed by atoms with Gasteiger partial charge in [0.25, 0.3) is 0 Å². The smallest absolute Gasteiger partial charge is 0.240 e. The lowest BCUT2D eigenvalue weighted by Gasteiger charge is -2.13. The molecule has 0 aliphatic heterocycles. The topological polar surface area (TPSA) is 98.2 Å². The Balaban J connectivity index is 1.82. The predicted molar refractivity (Wildman–Crippen MR) is 115 cm³/mol. The largest absolute Gasteiger partial charge is 0.495 e. The van der Waals surface area contributed by atoms with Gasteiger partial charge in [-0.05, 0) is 49.7 Å². The molecule has 0 fully saturated rings. The van der Waals surface area contributed by atoms with Gasteiger partial charge in [0, 0.05) is 12.8 Å². The molecule has 8 nitrogen and oxygen atoms in total. The molecule has 0 spiro atoms. The Labute approximate surface area is 176 Å². The zero-order valence-electron chi connectivity index (χ0n) is 17.6. The summed E-state index contributed by atoms with van der Waals surface area (Å²) in [6.07, 6.45) is 1.55. The summed E-state index contributed by atoms with van der Waals surface area (Å²) in [5.41, 5.74) is 3.70. The number of anilines is 1. The van der Waals surface area contributed by atoms with E-state index in [1.54, 1.807) is 49.6 Å². The molecule has 2 amide bonds. The first kappa shape index (κ1) is 22.7. The fourth-order valence-electron chi connectivity index (χ4n) is 2.54. The first-order valence-electron chi connectivity index (χ1n) is 9.52. The highest BCUT2D eigenvalue weighted by Gasteiger charge is 2.10. The van der Waals surface area contributed by atoms with Gasteiger partial charge in [-0.15, -0.1) is 0 Å². The van der Waals surface area contributed by atoms with E-state index in [0.717, 1.165) is 5.56 Å². The molecular formula is C22H27N3O5. The highest BCUT2D eigenvalue weighted by molar-refractivity contribution is 5.94. The van der Waals surface area contributed by atoms with Crippen molar-refractivity contribution in [2.45, 2.75) is 32.8 Å². The maximum absolute atomic E-state index is 12.0. The maximum atomic E-state index is 12.0. The van der Waals surface area contributed by atoms with Gasteiger partial charge < -0.3 is 19.5 Å². The first-order chi connectivity index (χ1) is 14.4. The van der Waals surface area contributed by atoms with Crippen LogP contribution in [0, 0.1) is 0 Å². The quantitative estimate of drug-likeness (QED) is 0.460. The molecule has 2 aromatic carbocycles. The van der Waals surface area contributed by atoms with E-state index in [-0.39, 0.29) is 30.8 Å². The van der Waals surface area contributed by atoms with Gasteiger partial charge in [0.1, 0.15) is 5.75 Å². The SMILES string of the molecule is COc1ccccc1NC(=O)CCC(=O)N/N=C/c1ccc(OC(C)C)c(OC)c1. The van der Waals surface area contributed by atoms with Crippen molar-refractivity contribution in [3.63, 3.8) is 0 Å². The number of para-hydroxylation sites is 2. The molecule has 0 unspecified atom stereocenters. The fourth-order valence-corrected chi connectivity index (χ4v) is 2.54. The number of hydrazone groups is 1. The van der Waals surface area contributed by atoms with Crippen LogP contribution in [0.5, 0.6) is 17.2 Å². The van der Waals surface area contributed by atoms with E-state index in [2.05, 4.69) is 15.8 Å². The lowest BCUT2D eigenvalue weighted by atomic mass is 10.2. The van der Waals surface area contributed by atoms with E-state index < -0.39 is 0 Å². The van der Waals surface area contributed by atoms with Crippen LogP contribution in [0.4, 0.5) is 5.69 Å². The van der Waals surface area contributed by atoms with Crippen LogP contribution >= 0.6 is 0 Å². The number of amides is 2. The third-order valence-corrected chi connectivity index (χ3v) is 3.91. The average molecular weight is 413 g/mol. The Hall–Kier alpha value is -3.55. The summed E-state index contributed by atoms with van der Waals surface area (Å²) < 4.78 is 16.2. The molecule has 2 N–H and O–H groups in total. The van der Waals surface area contributed by atoms with Crippen molar-refractivity contribution in [1.82, 2.24) is 5.43 Å². The van der Waals surface area contributed by atoms with Crippen LogP contribution in [0.2, 0.25) is 0 Å². The Morgan fingerprint density at radius 3 is 2.37 bits per heavy atom. The molecule has 0 saturated heterocycles. The normalized spacial score (nSPS) is 10.7. The van der Waals surface area contributed by atoms with Crippen LogP contribution in [-0.4, -0.2) is 38.4 Å². The van der Waals surface area contributed by atoms with E-state index in [0.29, 0.717) is 22.9 Å². The molecule has 2 rings (SSSR count). The van der Waals surface area contributed by atoms with Crippen LogP contribution < -0.4 is 25.0 Å². The first-order valence-corrected chi connectivity index (χ1v) is 9.52. The van der Waals surface area contributed by atoms with Crippen LogP contribution in [-0.2, 0) is 9.59 Å². The summed E-state index contributed by atoms with van der Waals surface area (Å²) in [6, 6.07) is 12.4. The molecule has 30 heavy (non-hydrogen) atoms. The van der Waals surface area contributed by atoms with Gasteiger partial charge in [0.05, 0.1) is 32.2 Å². The number of hydrogen-bond acceptors (Lipinski definition) is 6. The number of carbonyl (C=O) groups is 2. The second-order valence-electron chi connectivity index (χ2n) is 6.62. The van der Waals surface area contributed by atoms with Crippen molar-refractivity contribution >= 4 is 23.7 Å². The van der Waals surface area contributed by atoms with Crippen molar-refractivity contribution in [3.8, 4) is 17.2 Å². The van der Waals surface area contributed by atoms with Gasteiger partial charge in [-0.25, -0.2) is 5.43 Å². The number of ether oxygens (including phenoxy) is 3. The van der Waals surface area contributed by atoms with Gasteiger partial charge in [0.2, 0.25) is 11.8 Å². The standard InChI is InChI=1S/C22H27N3O5/c1-15(2)30-19-10-9-16(13-20(19)29-4)14-23-25-22(27)12-11-21(26)24-17-7-5-6-8-18(17)28-3/h5-10,13-15H,11-12H2,1-4H3,(H,24,26)(H,25,27)/b23-14+. The number of carbonyl (C=O) groups excluding carboxylic acids is 2. The number of nitrogens with zero attached hydrogens (tertiary/aromatic N) is 1. The monoisotopic (exact) mass is 413 g/mol. The zero-order valence-corrected chi connectivity index (χ0v) is 17.6. The number of hydrogen-bond donors (Lipinski definition) is 2. The number of benzene rings is 2. The van der Waals surface area contributed by atoms with Gasteiger partial charge in [-0.1, -0.05) is 12.1 Å². The second-order valence-corrected chi connectivity index (χ2v) is 6.62. The number of nitrogens with one attached hydrogen (secondary N) is 2. The molecule has 0 saturated carbocycles. The molecule has 0 bridgehead atoms. The summed E-state index contributed by atoms with van der Waals surface area (Å²) in [7, 11) is 3.08.